The number of nitrogens with one attached hydrogen (secondary N) is 2. The van der Waals surface area contributed by atoms with Crippen LogP contribution in [0, 0.1) is 0 Å². The van der Waals surface area contributed by atoms with E-state index in [-0.39, 0.29) is 5.91 Å². The molecule has 27 heavy (non-hydrogen) atoms. The van der Waals surface area contributed by atoms with Gasteiger partial charge in [0.25, 0.3) is 5.91 Å². The summed E-state index contributed by atoms with van der Waals surface area (Å²) in [6, 6.07) is 13.5. The van der Waals surface area contributed by atoms with Crippen molar-refractivity contribution in [3.63, 3.8) is 0 Å². The molecule has 5 nitrogen and oxygen atoms in total. The average molecular weight is 372 g/mol. The Balaban J connectivity index is 2.09. The summed E-state index contributed by atoms with van der Waals surface area (Å²) in [5.74, 6) is 1.16. The maximum Gasteiger partial charge on any atom is 0.251 e. The molecule has 0 aliphatic rings. The Bertz CT molecular complexity index is 744. The van der Waals surface area contributed by atoms with Crippen molar-refractivity contribution >= 4 is 5.91 Å². The van der Waals surface area contributed by atoms with Gasteiger partial charge in [0.1, 0.15) is 6.54 Å². The Morgan fingerprint density at radius 2 is 1.74 bits per heavy atom. The topological polar surface area (TPSA) is 52.0 Å². The lowest BCUT2D eigenvalue weighted by atomic mass is 10.1. The Hall–Kier alpha value is -2.53. The van der Waals surface area contributed by atoms with Gasteiger partial charge in [0, 0.05) is 17.7 Å². The van der Waals surface area contributed by atoms with Crippen LogP contribution in [-0.2, 0) is 13.1 Å². The highest BCUT2D eigenvalue weighted by Gasteiger charge is 2.13. The second kappa shape index (κ2) is 10.6. The third-order valence-electron chi connectivity index (χ3n) is 4.07. The van der Waals surface area contributed by atoms with Crippen molar-refractivity contribution < 1.29 is 19.2 Å². The van der Waals surface area contributed by atoms with E-state index in [0.29, 0.717) is 36.8 Å². The normalized spacial score (nSPS) is 10.7. The minimum atomic E-state index is -0.120. The smallest absolute Gasteiger partial charge is 0.251 e. The molecule has 2 aromatic rings. The molecule has 0 aliphatic heterocycles. The van der Waals surface area contributed by atoms with E-state index in [0.717, 1.165) is 18.5 Å². The molecule has 0 heterocycles. The van der Waals surface area contributed by atoms with Crippen molar-refractivity contribution in [2.45, 2.75) is 33.4 Å². The molecule has 0 radical (unpaired) electrons. The molecule has 146 valence electrons. The molecule has 0 saturated carbocycles. The lowest BCUT2D eigenvalue weighted by Crippen LogP contribution is -3.04. The number of carbonyl (C=O) groups excluding carboxylic acids is 1. The molecule has 0 fully saturated rings. The summed E-state index contributed by atoms with van der Waals surface area (Å²) in [7, 11) is 4.24. The SMILES string of the molecule is CCCOc1ccc(C(=O)NCc2ccccc2C[NH+](C)C)cc1OCC. The van der Waals surface area contributed by atoms with Gasteiger partial charge in [0.05, 0.1) is 27.3 Å². The molecule has 0 unspecified atom stereocenters. The van der Waals surface area contributed by atoms with E-state index < -0.39 is 0 Å². The van der Waals surface area contributed by atoms with Crippen LogP contribution >= 0.6 is 0 Å². The van der Waals surface area contributed by atoms with Gasteiger partial charge < -0.3 is 19.7 Å². The van der Waals surface area contributed by atoms with Crippen LogP contribution in [0.3, 0.4) is 0 Å². The van der Waals surface area contributed by atoms with Gasteiger partial charge in [-0.15, -0.1) is 0 Å². The molecule has 0 aliphatic carbocycles. The van der Waals surface area contributed by atoms with Gasteiger partial charge in [-0.3, -0.25) is 4.79 Å². The summed E-state index contributed by atoms with van der Waals surface area (Å²) >= 11 is 0. The van der Waals surface area contributed by atoms with Crippen LogP contribution in [0.1, 0.15) is 41.8 Å². The number of hydrogen-bond donors (Lipinski definition) is 2. The fourth-order valence-corrected chi connectivity index (χ4v) is 2.81. The number of benzene rings is 2. The molecule has 2 N–H and O–H groups in total. The predicted molar refractivity (Wildman–Crippen MR) is 108 cm³/mol. The lowest BCUT2D eigenvalue weighted by Gasteiger charge is -2.14. The van der Waals surface area contributed by atoms with E-state index in [1.165, 1.54) is 10.5 Å². The number of rotatable bonds is 10. The summed E-state index contributed by atoms with van der Waals surface area (Å²) in [5.41, 5.74) is 2.95. The highest BCUT2D eigenvalue weighted by atomic mass is 16.5. The first kappa shape index (κ1) is 20.8. The molecule has 0 atom stereocenters. The van der Waals surface area contributed by atoms with Gasteiger partial charge in [0.2, 0.25) is 0 Å². The second-order valence-corrected chi connectivity index (χ2v) is 6.78. The molecule has 2 aromatic carbocycles. The van der Waals surface area contributed by atoms with Gasteiger partial charge >= 0.3 is 0 Å². The van der Waals surface area contributed by atoms with Crippen molar-refractivity contribution in [3.05, 3.63) is 59.2 Å². The zero-order valence-corrected chi connectivity index (χ0v) is 16.8. The van der Waals surface area contributed by atoms with E-state index in [1.807, 2.05) is 19.1 Å². The van der Waals surface area contributed by atoms with Crippen LogP contribution in [-0.4, -0.2) is 33.2 Å². The van der Waals surface area contributed by atoms with Crippen molar-refractivity contribution in [1.29, 1.82) is 0 Å². The molecule has 2 rings (SSSR count). The summed E-state index contributed by atoms with van der Waals surface area (Å²) in [5, 5.41) is 3.02. The van der Waals surface area contributed by atoms with Crippen LogP contribution in [0.25, 0.3) is 0 Å². The monoisotopic (exact) mass is 371 g/mol. The van der Waals surface area contributed by atoms with Gasteiger partial charge in [-0.25, -0.2) is 0 Å². The molecule has 0 saturated heterocycles. The van der Waals surface area contributed by atoms with Gasteiger partial charge in [-0.05, 0) is 37.1 Å². The second-order valence-electron chi connectivity index (χ2n) is 6.78. The molecule has 1 amide bonds. The summed E-state index contributed by atoms with van der Waals surface area (Å²) < 4.78 is 11.3. The van der Waals surface area contributed by atoms with E-state index >= 15 is 0 Å². The van der Waals surface area contributed by atoms with Crippen molar-refractivity contribution in [2.24, 2.45) is 0 Å². The largest absolute Gasteiger partial charge is 0.490 e. The molecule has 0 spiro atoms. The minimum absolute atomic E-state index is 0.120. The maximum atomic E-state index is 12.6. The van der Waals surface area contributed by atoms with Crippen LogP contribution in [0.5, 0.6) is 11.5 Å². The highest BCUT2D eigenvalue weighted by Crippen LogP contribution is 2.28. The maximum absolute atomic E-state index is 12.6. The first-order chi connectivity index (χ1) is 13.0. The highest BCUT2D eigenvalue weighted by molar-refractivity contribution is 5.94. The summed E-state index contributed by atoms with van der Waals surface area (Å²) in [6.07, 6.45) is 0.919. The minimum Gasteiger partial charge on any atom is -0.490 e. The Labute approximate surface area is 162 Å². The van der Waals surface area contributed by atoms with E-state index in [9.17, 15) is 4.79 Å². The molecular formula is C22H31N2O3+. The number of hydrogen-bond acceptors (Lipinski definition) is 3. The van der Waals surface area contributed by atoms with E-state index in [1.54, 1.807) is 18.2 Å². The molecule has 0 bridgehead atoms. The quantitative estimate of drug-likeness (QED) is 0.675. The van der Waals surface area contributed by atoms with E-state index in [4.69, 9.17) is 9.47 Å². The van der Waals surface area contributed by atoms with Crippen molar-refractivity contribution in [2.75, 3.05) is 27.3 Å². The number of quaternary nitrogens is 1. The molecule has 5 heteroatoms. The predicted octanol–water partition coefficient (Wildman–Crippen LogP) is 2.45. The van der Waals surface area contributed by atoms with Gasteiger partial charge in [-0.2, -0.15) is 0 Å². The van der Waals surface area contributed by atoms with Gasteiger partial charge in [0.15, 0.2) is 11.5 Å². The fraction of sp³-hybridized carbons (Fsp3) is 0.409. The Kier molecular flexibility index (Phi) is 8.14. The lowest BCUT2D eigenvalue weighted by molar-refractivity contribution is -0.872. The van der Waals surface area contributed by atoms with Gasteiger partial charge in [-0.1, -0.05) is 31.2 Å². The van der Waals surface area contributed by atoms with E-state index in [2.05, 4.69) is 38.5 Å². The standard InChI is InChI=1S/C22H30N2O3/c1-5-13-27-20-12-11-17(14-21(20)26-6-2)22(25)23-15-18-9-7-8-10-19(18)16-24(3)4/h7-12,14H,5-6,13,15-16H2,1-4H3,(H,23,25)/p+1. The molecular weight excluding hydrogens is 340 g/mol. The number of amides is 1. The zero-order chi connectivity index (χ0) is 19.6. The summed E-state index contributed by atoms with van der Waals surface area (Å²) in [6.45, 7) is 6.53. The third-order valence-corrected chi connectivity index (χ3v) is 4.07. The van der Waals surface area contributed by atoms with Crippen LogP contribution in [0.2, 0.25) is 0 Å². The first-order valence-corrected chi connectivity index (χ1v) is 9.58. The van der Waals surface area contributed by atoms with Crippen LogP contribution in [0.4, 0.5) is 0 Å². The average Bonchev–Trinajstić information content (AvgIpc) is 2.66. The summed E-state index contributed by atoms with van der Waals surface area (Å²) in [4.78, 5) is 14.0. The Morgan fingerprint density at radius 1 is 1.00 bits per heavy atom. The number of carbonyl (C=O) groups is 1. The third kappa shape index (κ3) is 6.29. The fourth-order valence-electron chi connectivity index (χ4n) is 2.81. The van der Waals surface area contributed by atoms with Crippen molar-refractivity contribution in [1.82, 2.24) is 5.32 Å². The van der Waals surface area contributed by atoms with Crippen molar-refractivity contribution in [3.8, 4) is 11.5 Å². The molecule has 0 aromatic heterocycles. The first-order valence-electron chi connectivity index (χ1n) is 9.58. The number of ether oxygens (including phenoxy) is 2. The zero-order valence-electron chi connectivity index (χ0n) is 16.8. The van der Waals surface area contributed by atoms with Crippen LogP contribution in [0.15, 0.2) is 42.5 Å². The Morgan fingerprint density at radius 3 is 2.41 bits per heavy atom. The van der Waals surface area contributed by atoms with Crippen LogP contribution < -0.4 is 19.7 Å².